The molecule has 0 saturated heterocycles. The van der Waals surface area contributed by atoms with Gasteiger partial charge < -0.3 is 14.9 Å². The summed E-state index contributed by atoms with van der Waals surface area (Å²) < 4.78 is 0. The number of rotatable bonds is 0. The van der Waals surface area contributed by atoms with E-state index in [2.05, 4.69) is 24.3 Å². The summed E-state index contributed by atoms with van der Waals surface area (Å²) in [5, 5.41) is 0. The Hall–Kier alpha value is 0.640. The van der Waals surface area contributed by atoms with Gasteiger partial charge in [0.05, 0.1) is 0 Å². The molecule has 2 rings (SSSR count). The van der Waals surface area contributed by atoms with E-state index in [1.165, 1.54) is 0 Å². The van der Waals surface area contributed by atoms with Crippen molar-refractivity contribution in [3.63, 3.8) is 0 Å². The third kappa shape index (κ3) is 24.1. The summed E-state index contributed by atoms with van der Waals surface area (Å²) in [6.45, 7) is 0. The Morgan fingerprint density at radius 2 is 1.06 bits per heavy atom. The van der Waals surface area contributed by atoms with Crippen molar-refractivity contribution >= 4 is 35.8 Å². The molecule has 16 heavy (non-hydrogen) atoms. The Kier molecular flexibility index (Phi) is 66.5. The Morgan fingerprint density at radius 1 is 0.750 bits per heavy atom. The fraction of sp³-hybridized carbons (Fsp3) is 0.167. The van der Waals surface area contributed by atoms with Crippen LogP contribution in [0.15, 0.2) is 36.5 Å². The van der Waals surface area contributed by atoms with Gasteiger partial charge in [0.1, 0.15) is 0 Å². The second kappa shape index (κ2) is 29.6. The molecule has 2 aliphatic rings. The monoisotopic (exact) mass is 353 g/mol. The average molecular weight is 356 g/mol. The van der Waals surface area contributed by atoms with Crippen LogP contribution in [0.1, 0.15) is 12.8 Å². The van der Waals surface area contributed by atoms with Gasteiger partial charge in [0.25, 0.3) is 0 Å². The van der Waals surface area contributed by atoms with Gasteiger partial charge in [-0.15, -0.1) is 37.7 Å². The predicted octanol–water partition coefficient (Wildman–Crippen LogP) is 3.17. The number of halogens is 2. The molecule has 0 bridgehead atoms. The zero-order valence-corrected chi connectivity index (χ0v) is 16.3. The Bertz CT molecular complexity index is 157. The summed E-state index contributed by atoms with van der Waals surface area (Å²) >= 11 is 0. The molecule has 0 aromatic rings. The second-order valence-corrected chi connectivity index (χ2v) is 2.01. The topological polar surface area (TPSA) is 0 Å². The van der Waals surface area contributed by atoms with Gasteiger partial charge in [-0.05, 0) is 11.0 Å². The van der Waals surface area contributed by atoms with E-state index in [1.54, 1.807) is 0 Å². The molecule has 4 heteroatoms. The van der Waals surface area contributed by atoms with Crippen LogP contribution in [0.4, 0.5) is 0 Å². The molecule has 0 saturated carbocycles. The summed E-state index contributed by atoms with van der Waals surface area (Å²) in [5.74, 6) is 0. The molecule has 0 fully saturated rings. The van der Waals surface area contributed by atoms with Crippen LogP contribution >= 0.6 is 24.8 Å². The van der Waals surface area contributed by atoms with Crippen LogP contribution in [-0.2, 0) is 26.2 Å². The van der Waals surface area contributed by atoms with Crippen molar-refractivity contribution in [1.29, 1.82) is 0 Å². The van der Waals surface area contributed by atoms with Crippen LogP contribution in [-0.4, -0.2) is 11.0 Å². The Labute approximate surface area is 137 Å². The molecular weight excluding hydrogens is 334 g/mol. The van der Waals surface area contributed by atoms with Crippen molar-refractivity contribution in [2.24, 2.45) is 0 Å². The van der Waals surface area contributed by atoms with Crippen molar-refractivity contribution in [2.75, 3.05) is 0 Å². The molecular formula is C12H21Cl2SiZr. The van der Waals surface area contributed by atoms with E-state index in [1.807, 2.05) is 24.3 Å². The molecule has 0 heterocycles. The zero-order chi connectivity index (χ0) is 7.07. The first-order valence-electron chi connectivity index (χ1n) is 3.43. The van der Waals surface area contributed by atoms with Crippen molar-refractivity contribution in [2.45, 2.75) is 12.8 Å². The molecule has 0 unspecified atom stereocenters. The van der Waals surface area contributed by atoms with Gasteiger partial charge >= 0.3 is 26.2 Å². The third-order valence-corrected chi connectivity index (χ3v) is 1.17. The van der Waals surface area contributed by atoms with Crippen molar-refractivity contribution < 1.29 is 26.2 Å². The molecule has 0 amide bonds. The van der Waals surface area contributed by atoms with Gasteiger partial charge in [0.15, 0.2) is 0 Å². The van der Waals surface area contributed by atoms with Crippen molar-refractivity contribution in [1.82, 2.24) is 0 Å². The largest absolute Gasteiger partial charge is 4.00 e. The van der Waals surface area contributed by atoms with E-state index in [4.69, 9.17) is 0 Å². The summed E-state index contributed by atoms with van der Waals surface area (Å²) in [6, 6.07) is 0. The first-order chi connectivity index (χ1) is 5.00. The smallest absolute Gasteiger partial charge is 0.358 e. The van der Waals surface area contributed by atoms with Gasteiger partial charge in [-0.1, -0.05) is 0 Å². The van der Waals surface area contributed by atoms with Gasteiger partial charge in [-0.2, -0.15) is 12.2 Å². The number of hydrogen-bond acceptors (Lipinski definition) is 0. The fourth-order valence-electron chi connectivity index (χ4n) is 0.680. The molecule has 0 spiro atoms. The quantitative estimate of drug-likeness (QED) is 0.462. The molecule has 1 radical (unpaired) electrons. The van der Waals surface area contributed by atoms with E-state index >= 15 is 0 Å². The van der Waals surface area contributed by atoms with Crippen LogP contribution in [0.3, 0.4) is 0 Å². The van der Waals surface area contributed by atoms with E-state index in [9.17, 15) is 0 Å². The van der Waals surface area contributed by atoms with Crippen molar-refractivity contribution in [3.8, 4) is 0 Å². The molecule has 0 aromatic heterocycles. The minimum absolute atomic E-state index is 0. The SMILES string of the molecule is Cl.Cl.[C-]1=CC=CC1.[C-]1=CC=CC1.[CH3-].[CH3-].[SiH3].[Zr+4]. The van der Waals surface area contributed by atoms with Crippen molar-refractivity contribution in [3.05, 3.63) is 63.5 Å². The molecule has 0 atom stereocenters. The van der Waals surface area contributed by atoms with Gasteiger partial charge in [-0.25, -0.2) is 24.3 Å². The maximum Gasteiger partial charge on any atom is 4.00 e. The van der Waals surface area contributed by atoms with E-state index in [0.717, 1.165) is 12.8 Å². The van der Waals surface area contributed by atoms with Gasteiger partial charge in [-0.3, -0.25) is 12.2 Å². The summed E-state index contributed by atoms with van der Waals surface area (Å²) in [7, 11) is 0. The first kappa shape index (κ1) is 36.0. The van der Waals surface area contributed by atoms with Crippen LogP contribution in [0, 0.1) is 27.0 Å². The minimum atomic E-state index is 0. The molecule has 0 nitrogen and oxygen atoms in total. The molecule has 91 valence electrons. The third-order valence-electron chi connectivity index (χ3n) is 1.17. The maximum atomic E-state index is 2.99. The van der Waals surface area contributed by atoms with Crippen LogP contribution in [0.2, 0.25) is 0 Å². The van der Waals surface area contributed by atoms with Gasteiger partial charge in [0.2, 0.25) is 0 Å². The molecule has 0 aromatic carbocycles. The standard InChI is InChI=1S/2C5H5.2CH3.2ClH.H3Si.Zr/c2*1-2-4-5-3-1;;;;;;/h2*1-3H,4H2;2*1H3;2*1H;1H3;/q4*-1;;;;+4. The molecule has 2 aliphatic carbocycles. The minimum Gasteiger partial charge on any atom is -0.358 e. The Morgan fingerprint density at radius 3 is 1.12 bits per heavy atom. The second-order valence-electron chi connectivity index (χ2n) is 2.01. The van der Waals surface area contributed by atoms with Crippen LogP contribution in [0.25, 0.3) is 0 Å². The zero-order valence-electron chi connectivity index (χ0n) is 10.2. The molecule has 0 N–H and O–H groups in total. The maximum absolute atomic E-state index is 2.99. The Balaban J connectivity index is -0.0000000227. The first-order valence-corrected chi connectivity index (χ1v) is 3.43. The molecule has 0 aliphatic heterocycles. The van der Waals surface area contributed by atoms with E-state index in [-0.39, 0.29) is 76.8 Å². The van der Waals surface area contributed by atoms with E-state index in [0.29, 0.717) is 0 Å². The predicted molar refractivity (Wildman–Crippen MR) is 80.4 cm³/mol. The number of hydrogen-bond donors (Lipinski definition) is 0. The summed E-state index contributed by atoms with van der Waals surface area (Å²) in [4.78, 5) is 0. The normalized spacial score (nSPS) is 11.0. The van der Waals surface area contributed by atoms with Crippen LogP contribution < -0.4 is 0 Å². The summed E-state index contributed by atoms with van der Waals surface area (Å²) in [5.41, 5.74) is 0. The summed E-state index contributed by atoms with van der Waals surface area (Å²) in [6.07, 6.45) is 20.0. The van der Waals surface area contributed by atoms with Gasteiger partial charge in [0, 0.05) is 0 Å². The van der Waals surface area contributed by atoms with E-state index < -0.39 is 0 Å². The average Bonchev–Trinajstić information content (AvgIpc) is 2.67. The van der Waals surface area contributed by atoms with Crippen LogP contribution in [0.5, 0.6) is 0 Å². The fourth-order valence-corrected chi connectivity index (χ4v) is 0.680. The number of allylic oxidation sites excluding steroid dienone is 8.